The summed E-state index contributed by atoms with van der Waals surface area (Å²) in [4.78, 5) is 12.5. The second-order valence-electron chi connectivity index (χ2n) is 2.39. The molecule has 5 heteroatoms. The molecule has 11 heavy (non-hydrogen) atoms. The molecule has 0 bridgehead atoms. The van der Waals surface area contributed by atoms with Gasteiger partial charge in [0, 0.05) is 20.0 Å². The molecule has 0 saturated carbocycles. The fourth-order valence-corrected chi connectivity index (χ4v) is 1.06. The fraction of sp³-hybridized carbons (Fsp3) is 0.667. The quantitative estimate of drug-likeness (QED) is 0.379. The highest BCUT2D eigenvalue weighted by Crippen LogP contribution is 2.04. The standard InChI is InChI=1S/C6H11N3O2/c1-7-6(10)9-3-2-5(4-9)8-11/h11H,2-4H2,1H3,(H,7,10)/b8-5-. The molecule has 2 amide bonds. The van der Waals surface area contributed by atoms with Crippen LogP contribution in [0.3, 0.4) is 0 Å². The van der Waals surface area contributed by atoms with Crippen LogP contribution in [-0.2, 0) is 0 Å². The minimum atomic E-state index is -0.122. The van der Waals surface area contributed by atoms with E-state index < -0.39 is 0 Å². The molecule has 0 aromatic rings. The van der Waals surface area contributed by atoms with Gasteiger partial charge in [0.15, 0.2) is 0 Å². The van der Waals surface area contributed by atoms with Gasteiger partial charge in [0.25, 0.3) is 0 Å². The van der Waals surface area contributed by atoms with Crippen LogP contribution in [0, 0.1) is 0 Å². The first-order valence-electron chi connectivity index (χ1n) is 3.44. The molecule has 0 aliphatic carbocycles. The summed E-state index contributed by atoms with van der Waals surface area (Å²) in [5, 5.41) is 13.9. The molecule has 0 aromatic carbocycles. The molecule has 5 nitrogen and oxygen atoms in total. The van der Waals surface area contributed by atoms with Crippen LogP contribution in [0.15, 0.2) is 5.16 Å². The molecule has 0 radical (unpaired) electrons. The molecule has 62 valence electrons. The number of nitrogens with one attached hydrogen (secondary N) is 1. The summed E-state index contributed by atoms with van der Waals surface area (Å²) < 4.78 is 0. The topological polar surface area (TPSA) is 64.9 Å². The molecule has 1 rings (SSSR count). The predicted octanol–water partition coefficient (Wildman–Crippen LogP) is -0.138. The van der Waals surface area contributed by atoms with E-state index in [1.807, 2.05) is 0 Å². The number of rotatable bonds is 0. The maximum Gasteiger partial charge on any atom is 0.317 e. The lowest BCUT2D eigenvalue weighted by Gasteiger charge is -2.12. The molecular weight excluding hydrogens is 146 g/mol. The van der Waals surface area contributed by atoms with Gasteiger partial charge in [-0.15, -0.1) is 0 Å². The Morgan fingerprint density at radius 2 is 2.55 bits per heavy atom. The van der Waals surface area contributed by atoms with Gasteiger partial charge >= 0.3 is 6.03 Å². The molecule has 1 aliphatic heterocycles. The average molecular weight is 157 g/mol. The van der Waals surface area contributed by atoms with Gasteiger partial charge in [-0.2, -0.15) is 0 Å². The molecule has 1 saturated heterocycles. The number of carbonyl (C=O) groups is 1. The van der Waals surface area contributed by atoms with Gasteiger partial charge in [0.05, 0.1) is 12.3 Å². The number of nitrogens with zero attached hydrogens (tertiary/aromatic N) is 2. The summed E-state index contributed by atoms with van der Waals surface area (Å²) in [6.45, 7) is 1.08. The number of amides is 2. The highest BCUT2D eigenvalue weighted by molar-refractivity contribution is 5.92. The number of hydrogen-bond donors (Lipinski definition) is 2. The summed E-state index contributed by atoms with van der Waals surface area (Å²) in [6.07, 6.45) is 0.671. The van der Waals surface area contributed by atoms with Crippen molar-refractivity contribution < 1.29 is 10.0 Å². The maximum atomic E-state index is 11.0. The molecule has 0 unspecified atom stereocenters. The van der Waals surface area contributed by atoms with Gasteiger partial charge in [-0.1, -0.05) is 5.16 Å². The number of urea groups is 1. The Morgan fingerprint density at radius 3 is 3.00 bits per heavy atom. The molecule has 0 aromatic heterocycles. The summed E-state index contributed by atoms with van der Waals surface area (Å²) in [6, 6.07) is -0.122. The van der Waals surface area contributed by atoms with E-state index in [1.54, 1.807) is 11.9 Å². The van der Waals surface area contributed by atoms with Crippen molar-refractivity contribution in [1.82, 2.24) is 10.2 Å². The van der Waals surface area contributed by atoms with Gasteiger partial charge in [0.2, 0.25) is 0 Å². The third kappa shape index (κ3) is 1.60. The number of oxime groups is 1. The zero-order valence-corrected chi connectivity index (χ0v) is 6.37. The van der Waals surface area contributed by atoms with Crippen LogP contribution < -0.4 is 5.32 Å². The maximum absolute atomic E-state index is 11.0. The minimum Gasteiger partial charge on any atom is -0.411 e. The van der Waals surface area contributed by atoms with Gasteiger partial charge in [-0.3, -0.25) is 0 Å². The Hall–Kier alpha value is -1.26. The molecule has 0 atom stereocenters. The number of hydrogen-bond acceptors (Lipinski definition) is 3. The van der Waals surface area contributed by atoms with E-state index in [9.17, 15) is 4.79 Å². The number of carbonyl (C=O) groups excluding carboxylic acids is 1. The van der Waals surface area contributed by atoms with E-state index in [-0.39, 0.29) is 6.03 Å². The van der Waals surface area contributed by atoms with E-state index in [4.69, 9.17) is 5.21 Å². The van der Waals surface area contributed by atoms with E-state index in [1.165, 1.54) is 0 Å². The second-order valence-corrected chi connectivity index (χ2v) is 2.39. The van der Waals surface area contributed by atoms with Crippen LogP contribution in [0.1, 0.15) is 6.42 Å². The van der Waals surface area contributed by atoms with E-state index in [2.05, 4.69) is 10.5 Å². The second kappa shape index (κ2) is 3.23. The van der Waals surface area contributed by atoms with Crippen LogP contribution in [0.5, 0.6) is 0 Å². The minimum absolute atomic E-state index is 0.122. The van der Waals surface area contributed by atoms with Gasteiger partial charge < -0.3 is 15.4 Å². The Kier molecular flexibility index (Phi) is 2.30. The molecule has 1 aliphatic rings. The number of likely N-dealkylation sites (tertiary alicyclic amines) is 1. The Labute approximate surface area is 64.7 Å². The highest BCUT2D eigenvalue weighted by Gasteiger charge is 2.21. The largest absolute Gasteiger partial charge is 0.411 e. The molecule has 2 N–H and O–H groups in total. The van der Waals surface area contributed by atoms with Crippen LogP contribution in [-0.4, -0.2) is 42.0 Å². The van der Waals surface area contributed by atoms with Crippen molar-refractivity contribution in [3.63, 3.8) is 0 Å². The van der Waals surface area contributed by atoms with E-state index in [0.29, 0.717) is 25.2 Å². The van der Waals surface area contributed by atoms with Crippen molar-refractivity contribution in [2.75, 3.05) is 20.1 Å². The Balaban J connectivity index is 2.48. The van der Waals surface area contributed by atoms with Crippen LogP contribution in [0.2, 0.25) is 0 Å². The summed E-state index contributed by atoms with van der Waals surface area (Å²) in [5.41, 5.74) is 0.661. The zero-order chi connectivity index (χ0) is 8.27. The van der Waals surface area contributed by atoms with Crippen LogP contribution >= 0.6 is 0 Å². The Morgan fingerprint density at radius 1 is 1.82 bits per heavy atom. The molecular formula is C6H11N3O2. The lowest BCUT2D eigenvalue weighted by atomic mass is 10.3. The third-order valence-corrected chi connectivity index (χ3v) is 1.69. The van der Waals surface area contributed by atoms with E-state index >= 15 is 0 Å². The lowest BCUT2D eigenvalue weighted by Crippen LogP contribution is -2.36. The summed E-state index contributed by atoms with van der Waals surface area (Å²) in [5.74, 6) is 0. The van der Waals surface area contributed by atoms with Crippen LogP contribution in [0.25, 0.3) is 0 Å². The fourth-order valence-electron chi connectivity index (χ4n) is 1.06. The lowest BCUT2D eigenvalue weighted by molar-refractivity contribution is 0.212. The highest BCUT2D eigenvalue weighted by atomic mass is 16.4. The summed E-state index contributed by atoms with van der Waals surface area (Å²) >= 11 is 0. The van der Waals surface area contributed by atoms with Crippen molar-refractivity contribution in [1.29, 1.82) is 0 Å². The van der Waals surface area contributed by atoms with Crippen molar-refractivity contribution in [3.8, 4) is 0 Å². The molecule has 1 heterocycles. The van der Waals surface area contributed by atoms with Gasteiger partial charge in [-0.25, -0.2) is 4.79 Å². The predicted molar refractivity (Wildman–Crippen MR) is 39.9 cm³/mol. The van der Waals surface area contributed by atoms with E-state index in [0.717, 1.165) is 0 Å². The first-order chi connectivity index (χ1) is 5.27. The third-order valence-electron chi connectivity index (χ3n) is 1.69. The first kappa shape index (κ1) is 7.84. The Bertz CT molecular complexity index is 190. The first-order valence-corrected chi connectivity index (χ1v) is 3.44. The molecule has 1 fully saturated rings. The average Bonchev–Trinajstić information content (AvgIpc) is 2.50. The van der Waals surface area contributed by atoms with Gasteiger partial charge in [-0.05, 0) is 0 Å². The smallest absolute Gasteiger partial charge is 0.317 e. The van der Waals surface area contributed by atoms with Crippen molar-refractivity contribution >= 4 is 11.7 Å². The zero-order valence-electron chi connectivity index (χ0n) is 6.37. The SMILES string of the molecule is CNC(=O)N1CC/C(=N/O)C1. The van der Waals surface area contributed by atoms with Crippen molar-refractivity contribution in [3.05, 3.63) is 0 Å². The van der Waals surface area contributed by atoms with Crippen molar-refractivity contribution in [2.45, 2.75) is 6.42 Å². The normalized spacial score (nSPS) is 20.8. The molecule has 0 spiro atoms. The van der Waals surface area contributed by atoms with Crippen LogP contribution in [0.4, 0.5) is 4.79 Å². The van der Waals surface area contributed by atoms with Gasteiger partial charge in [0.1, 0.15) is 0 Å². The van der Waals surface area contributed by atoms with Crippen molar-refractivity contribution in [2.24, 2.45) is 5.16 Å². The monoisotopic (exact) mass is 157 g/mol. The summed E-state index contributed by atoms with van der Waals surface area (Å²) in [7, 11) is 1.58.